The van der Waals surface area contributed by atoms with E-state index in [1.807, 2.05) is 54.6 Å². The third kappa shape index (κ3) is 5.48. The Balaban J connectivity index is 1.56. The number of ether oxygens (including phenoxy) is 1. The number of hydrogen-bond acceptors (Lipinski definition) is 5. The predicted molar refractivity (Wildman–Crippen MR) is 116 cm³/mol. The van der Waals surface area contributed by atoms with Crippen molar-refractivity contribution in [2.24, 2.45) is 0 Å². The maximum Gasteiger partial charge on any atom is 0.311 e. The molecule has 0 aliphatic carbocycles. The molecule has 1 aliphatic rings. The topological polar surface area (TPSA) is 80.8 Å². The molecule has 1 heterocycles. The number of likely N-dealkylation sites (N-methyl/N-ethyl adjacent to an activating group) is 1. The van der Waals surface area contributed by atoms with Gasteiger partial charge in [0.15, 0.2) is 15.9 Å². The highest BCUT2D eigenvalue weighted by Gasteiger charge is 2.36. The van der Waals surface area contributed by atoms with Crippen molar-refractivity contribution in [1.29, 1.82) is 0 Å². The Morgan fingerprint density at radius 1 is 1.07 bits per heavy atom. The number of nitrogens with zero attached hydrogens (tertiary/aromatic N) is 1. The number of carbonyl (C=O) groups is 2. The summed E-state index contributed by atoms with van der Waals surface area (Å²) in [6.45, 7) is 3.71. The molecule has 2 aromatic carbocycles. The molecular formula is C23H27NO5S. The zero-order valence-corrected chi connectivity index (χ0v) is 18.1. The second-order valence-electron chi connectivity index (χ2n) is 7.55. The molecule has 0 saturated carbocycles. The van der Waals surface area contributed by atoms with Gasteiger partial charge >= 0.3 is 5.97 Å². The minimum atomic E-state index is -3.10. The smallest absolute Gasteiger partial charge is 0.311 e. The fraction of sp³-hybridized carbons (Fsp3) is 0.391. The molecule has 0 radical (unpaired) electrons. The van der Waals surface area contributed by atoms with E-state index in [-0.39, 0.29) is 29.9 Å². The van der Waals surface area contributed by atoms with Crippen molar-refractivity contribution in [1.82, 2.24) is 4.90 Å². The Kier molecular flexibility index (Phi) is 6.92. The normalized spacial score (nSPS) is 18.5. The molecule has 1 fully saturated rings. The summed E-state index contributed by atoms with van der Waals surface area (Å²) in [7, 11) is -3.10. The van der Waals surface area contributed by atoms with Crippen LogP contribution in [-0.4, -0.2) is 55.4 Å². The quantitative estimate of drug-likeness (QED) is 0.632. The van der Waals surface area contributed by atoms with Crippen molar-refractivity contribution < 1.29 is 22.7 Å². The molecule has 7 heteroatoms. The van der Waals surface area contributed by atoms with E-state index in [0.717, 1.165) is 16.7 Å². The molecule has 1 saturated heterocycles. The van der Waals surface area contributed by atoms with Crippen LogP contribution in [0.3, 0.4) is 0 Å². The average Bonchev–Trinajstić information content (AvgIpc) is 3.09. The van der Waals surface area contributed by atoms with Crippen LogP contribution < -0.4 is 0 Å². The van der Waals surface area contributed by atoms with Crippen LogP contribution >= 0.6 is 0 Å². The van der Waals surface area contributed by atoms with Crippen LogP contribution in [0.25, 0.3) is 11.1 Å². The van der Waals surface area contributed by atoms with E-state index in [0.29, 0.717) is 13.0 Å². The molecule has 160 valence electrons. The average molecular weight is 430 g/mol. The second-order valence-corrected chi connectivity index (χ2v) is 9.78. The lowest BCUT2D eigenvalue weighted by atomic mass is 10.0. The van der Waals surface area contributed by atoms with Gasteiger partial charge in [0, 0.05) is 12.6 Å². The first-order valence-electron chi connectivity index (χ1n) is 10.1. The monoisotopic (exact) mass is 429 g/mol. The highest BCUT2D eigenvalue weighted by atomic mass is 32.2. The minimum Gasteiger partial charge on any atom is -0.452 e. The Labute approximate surface area is 177 Å². The van der Waals surface area contributed by atoms with Gasteiger partial charge in [-0.1, -0.05) is 54.6 Å². The number of sulfone groups is 1. The maximum atomic E-state index is 12.7. The standard InChI is InChI=1S/C23H27NO5S/c1-3-24(21-13-14-30(27,28)16-21)23(26)17(2)29-22(25)15-18-9-11-20(12-10-18)19-7-5-4-6-8-19/h4-12,17,21H,3,13-16H2,1-2H3. The van der Waals surface area contributed by atoms with Crippen molar-refractivity contribution in [3.8, 4) is 11.1 Å². The Hall–Kier alpha value is -2.67. The van der Waals surface area contributed by atoms with Gasteiger partial charge < -0.3 is 9.64 Å². The number of rotatable bonds is 7. The number of benzene rings is 2. The summed E-state index contributed by atoms with van der Waals surface area (Å²) in [5, 5.41) is 0. The molecule has 1 amide bonds. The Morgan fingerprint density at radius 3 is 2.27 bits per heavy atom. The molecule has 0 N–H and O–H groups in total. The van der Waals surface area contributed by atoms with Gasteiger partial charge in [-0.2, -0.15) is 0 Å². The van der Waals surface area contributed by atoms with E-state index in [4.69, 9.17) is 4.74 Å². The van der Waals surface area contributed by atoms with Crippen LogP contribution in [0.2, 0.25) is 0 Å². The van der Waals surface area contributed by atoms with Crippen LogP contribution in [0.5, 0.6) is 0 Å². The van der Waals surface area contributed by atoms with Crippen LogP contribution in [-0.2, 0) is 30.6 Å². The summed E-state index contributed by atoms with van der Waals surface area (Å²) >= 11 is 0. The second kappa shape index (κ2) is 9.43. The first-order chi connectivity index (χ1) is 14.3. The molecule has 0 spiro atoms. The van der Waals surface area contributed by atoms with Crippen LogP contribution in [0.1, 0.15) is 25.8 Å². The van der Waals surface area contributed by atoms with Crippen molar-refractivity contribution in [2.75, 3.05) is 18.1 Å². The first-order valence-corrected chi connectivity index (χ1v) is 12.0. The fourth-order valence-corrected chi connectivity index (χ4v) is 5.48. The zero-order valence-electron chi connectivity index (χ0n) is 17.3. The summed E-state index contributed by atoms with van der Waals surface area (Å²) in [6, 6.07) is 17.2. The van der Waals surface area contributed by atoms with Gasteiger partial charge in [0.1, 0.15) is 0 Å². The lowest BCUT2D eigenvalue weighted by Crippen LogP contribution is -2.46. The summed E-state index contributed by atoms with van der Waals surface area (Å²) in [6.07, 6.45) is -0.461. The number of esters is 1. The molecule has 0 aromatic heterocycles. The van der Waals surface area contributed by atoms with Gasteiger partial charge in [0.2, 0.25) is 0 Å². The molecule has 1 aliphatic heterocycles. The zero-order chi connectivity index (χ0) is 21.7. The number of amides is 1. The van der Waals surface area contributed by atoms with E-state index in [9.17, 15) is 18.0 Å². The summed E-state index contributed by atoms with van der Waals surface area (Å²) < 4.78 is 28.8. The van der Waals surface area contributed by atoms with Gasteiger partial charge in [0.25, 0.3) is 5.91 Å². The van der Waals surface area contributed by atoms with E-state index in [2.05, 4.69) is 0 Å². The molecule has 2 aromatic rings. The van der Waals surface area contributed by atoms with Crippen LogP contribution in [0, 0.1) is 0 Å². The van der Waals surface area contributed by atoms with E-state index >= 15 is 0 Å². The number of hydrogen-bond donors (Lipinski definition) is 0. The van der Waals surface area contributed by atoms with Gasteiger partial charge in [-0.25, -0.2) is 8.42 Å². The largest absolute Gasteiger partial charge is 0.452 e. The Bertz CT molecular complexity index is 986. The highest BCUT2D eigenvalue weighted by molar-refractivity contribution is 7.91. The van der Waals surface area contributed by atoms with E-state index in [1.165, 1.54) is 11.8 Å². The van der Waals surface area contributed by atoms with E-state index < -0.39 is 21.9 Å². The summed E-state index contributed by atoms with van der Waals surface area (Å²) in [5.74, 6) is -0.777. The molecular weight excluding hydrogens is 402 g/mol. The predicted octanol–water partition coefficient (Wildman–Crippen LogP) is 2.86. The SMILES string of the molecule is CCN(C(=O)C(C)OC(=O)Cc1ccc(-c2ccccc2)cc1)C1CCS(=O)(=O)C1. The third-order valence-electron chi connectivity index (χ3n) is 5.34. The molecule has 0 bridgehead atoms. The number of carbonyl (C=O) groups excluding carboxylic acids is 2. The molecule has 6 nitrogen and oxygen atoms in total. The van der Waals surface area contributed by atoms with Gasteiger partial charge in [-0.05, 0) is 37.0 Å². The van der Waals surface area contributed by atoms with Gasteiger partial charge in [0.05, 0.1) is 17.9 Å². The maximum absolute atomic E-state index is 12.7. The summed E-state index contributed by atoms with van der Waals surface area (Å²) in [4.78, 5) is 26.6. The highest BCUT2D eigenvalue weighted by Crippen LogP contribution is 2.21. The Morgan fingerprint density at radius 2 is 1.70 bits per heavy atom. The lowest BCUT2D eigenvalue weighted by Gasteiger charge is -2.29. The van der Waals surface area contributed by atoms with Crippen LogP contribution in [0.4, 0.5) is 0 Å². The lowest BCUT2D eigenvalue weighted by molar-refractivity contribution is -0.159. The van der Waals surface area contributed by atoms with Crippen molar-refractivity contribution in [2.45, 2.75) is 38.8 Å². The van der Waals surface area contributed by atoms with Gasteiger partial charge in [-0.15, -0.1) is 0 Å². The van der Waals surface area contributed by atoms with E-state index in [1.54, 1.807) is 6.92 Å². The molecule has 3 rings (SSSR count). The fourth-order valence-electron chi connectivity index (χ4n) is 3.75. The van der Waals surface area contributed by atoms with Crippen molar-refractivity contribution in [3.05, 3.63) is 60.2 Å². The first kappa shape index (κ1) is 22.0. The van der Waals surface area contributed by atoms with Crippen molar-refractivity contribution >= 4 is 21.7 Å². The molecule has 2 unspecified atom stereocenters. The molecule has 2 atom stereocenters. The molecule has 30 heavy (non-hydrogen) atoms. The summed E-state index contributed by atoms with van der Waals surface area (Å²) in [5.41, 5.74) is 2.95. The van der Waals surface area contributed by atoms with Crippen molar-refractivity contribution in [3.63, 3.8) is 0 Å². The minimum absolute atomic E-state index is 0.0268. The van der Waals surface area contributed by atoms with Gasteiger partial charge in [-0.3, -0.25) is 9.59 Å². The third-order valence-corrected chi connectivity index (χ3v) is 7.09. The van der Waals surface area contributed by atoms with Crippen LogP contribution in [0.15, 0.2) is 54.6 Å².